The Bertz CT molecular complexity index is 258. The molecule has 0 heterocycles. The first-order chi connectivity index (χ1) is 5.66. The fourth-order valence-electron chi connectivity index (χ4n) is 0.341. The molecule has 0 saturated heterocycles. The third kappa shape index (κ3) is 9.24. The summed E-state index contributed by atoms with van der Waals surface area (Å²) in [4.78, 5) is 0. The lowest BCUT2D eigenvalue weighted by atomic mass is 11.0. The van der Waals surface area contributed by atoms with Crippen molar-refractivity contribution in [3.63, 3.8) is 0 Å². The molecule has 11 heteroatoms. The van der Waals surface area contributed by atoms with Crippen LogP contribution in [-0.2, 0) is 0 Å². The summed E-state index contributed by atoms with van der Waals surface area (Å²) in [6, 6.07) is 0. The summed E-state index contributed by atoms with van der Waals surface area (Å²) < 4.78 is 7.55. The van der Waals surface area contributed by atoms with Gasteiger partial charge in [-0.15, -0.1) is 0 Å². The van der Waals surface area contributed by atoms with Crippen LogP contribution >= 0.6 is 75.5 Å². The molecule has 0 aromatic heterocycles. The van der Waals surface area contributed by atoms with Crippen molar-refractivity contribution in [3.05, 3.63) is 0 Å². The lowest BCUT2D eigenvalue weighted by Gasteiger charge is -2.08. The Morgan fingerprint density at radius 2 is 1.77 bits per heavy atom. The summed E-state index contributed by atoms with van der Waals surface area (Å²) in [5, 5.41) is 0. The van der Waals surface area contributed by atoms with Crippen molar-refractivity contribution in [1.29, 1.82) is 0 Å². The first kappa shape index (κ1) is 15.3. The molecule has 2 N–H and O–H groups in total. The van der Waals surface area contributed by atoms with Gasteiger partial charge in [-0.3, -0.25) is 5.50 Å². The Balaban J connectivity index is 4.88. The molecule has 0 bridgehead atoms. The van der Waals surface area contributed by atoms with Gasteiger partial charge in [0.25, 0.3) is 5.91 Å². The van der Waals surface area contributed by atoms with Crippen LogP contribution in [0.4, 0.5) is 0 Å². The average molecular weight is 343 g/mol. The molecule has 0 fully saturated rings. The van der Waals surface area contributed by atoms with Crippen LogP contribution in [0.25, 0.3) is 0 Å². The average Bonchev–Trinajstić information content (AvgIpc) is 1.80. The molecule has 0 aromatic rings. The van der Waals surface area contributed by atoms with Gasteiger partial charge >= 0.3 is 0 Å². The molecule has 1 unspecified atom stereocenters. The molecule has 0 amide bonds. The van der Waals surface area contributed by atoms with E-state index in [0.29, 0.717) is 6.16 Å². The van der Waals surface area contributed by atoms with E-state index in [2.05, 4.69) is 9.03 Å². The molecule has 0 aromatic carbocycles. The monoisotopic (exact) mass is 341 g/mol. The van der Waals surface area contributed by atoms with Gasteiger partial charge in [0.15, 0.2) is 0 Å². The highest BCUT2D eigenvalue weighted by Gasteiger charge is 2.17. The van der Waals surface area contributed by atoms with Gasteiger partial charge in [0.1, 0.15) is 7.43 Å². The fourth-order valence-corrected chi connectivity index (χ4v) is 11.3. The summed E-state index contributed by atoms with van der Waals surface area (Å²) in [7, 11) is -1.09. The largest absolute Gasteiger partial charge is 0.273 e. The minimum atomic E-state index is -2.89. The van der Waals surface area contributed by atoms with E-state index < -0.39 is 19.2 Å². The van der Waals surface area contributed by atoms with Crippen LogP contribution in [0.2, 0.25) is 0 Å². The Labute approximate surface area is 103 Å². The van der Waals surface area contributed by atoms with Gasteiger partial charge in [-0.05, 0) is 51.1 Å². The lowest BCUT2D eigenvalue weighted by Crippen LogP contribution is -1.75. The number of rotatable bonds is 3. The SMILES string of the molecule is CCP(Cl)N=P(Cl)(Cl)N=P(N)(Cl)Cl. The zero-order valence-electron chi connectivity index (χ0n) is 6.41. The van der Waals surface area contributed by atoms with Gasteiger partial charge in [0.2, 0.25) is 5.91 Å². The van der Waals surface area contributed by atoms with Crippen molar-refractivity contribution >= 4 is 75.5 Å². The van der Waals surface area contributed by atoms with E-state index in [1.54, 1.807) is 0 Å². The molecule has 0 saturated carbocycles. The summed E-state index contributed by atoms with van der Waals surface area (Å²) in [6.45, 7) is 1.86. The molecule has 1 atom stereocenters. The maximum atomic E-state index is 5.76. The number of halogens is 5. The maximum absolute atomic E-state index is 5.76. The first-order valence-electron chi connectivity index (χ1n) is 2.93. The molecule has 0 radical (unpaired) electrons. The summed E-state index contributed by atoms with van der Waals surface area (Å²) >= 11 is 28.2. The molecule has 0 aliphatic carbocycles. The van der Waals surface area contributed by atoms with Gasteiger partial charge in [-0.25, -0.2) is 4.52 Å². The van der Waals surface area contributed by atoms with E-state index in [9.17, 15) is 0 Å². The van der Waals surface area contributed by atoms with Crippen molar-refractivity contribution in [2.45, 2.75) is 6.92 Å². The van der Waals surface area contributed by atoms with Gasteiger partial charge in [-0.2, -0.15) is 4.52 Å². The molecule has 0 rings (SSSR count). The second kappa shape index (κ2) is 6.14. The van der Waals surface area contributed by atoms with Gasteiger partial charge in [0.05, 0.1) is 0 Å². The molecule has 80 valence electrons. The highest BCUT2D eigenvalue weighted by Crippen LogP contribution is 2.74. The molecule has 0 aliphatic rings. The standard InChI is InChI=1S/C2H7Cl5N3P3/c1-2-11(3)9-13(6,7)10-12(4,5)8/h2,8H2,1H3. The number of hydrogen-bond acceptors (Lipinski definition) is 1. The predicted molar refractivity (Wildman–Crippen MR) is 69.6 cm³/mol. The number of nitrogens with zero attached hydrogens (tertiary/aromatic N) is 2. The van der Waals surface area contributed by atoms with Crippen molar-refractivity contribution in [1.82, 2.24) is 0 Å². The van der Waals surface area contributed by atoms with E-state index in [1.807, 2.05) is 6.92 Å². The first-order valence-corrected chi connectivity index (χ1v) is 12.4. The normalized spacial score (nSPS) is 15.3. The van der Waals surface area contributed by atoms with Crippen molar-refractivity contribution < 1.29 is 0 Å². The fraction of sp³-hybridized carbons (Fsp3) is 1.00. The van der Waals surface area contributed by atoms with Crippen LogP contribution < -0.4 is 5.50 Å². The molecule has 3 nitrogen and oxygen atoms in total. The number of hydrogen-bond donors (Lipinski definition) is 1. The van der Waals surface area contributed by atoms with Crippen LogP contribution in [0.1, 0.15) is 6.92 Å². The Hall–Kier alpha value is 2.30. The molecular formula is C2H7Cl5N3P3. The highest BCUT2D eigenvalue weighted by molar-refractivity contribution is 8.18. The summed E-state index contributed by atoms with van der Waals surface area (Å²) in [5.41, 5.74) is 5.28. The van der Waals surface area contributed by atoms with Crippen LogP contribution in [-0.4, -0.2) is 6.16 Å². The van der Waals surface area contributed by atoms with Crippen molar-refractivity contribution in [3.8, 4) is 0 Å². The smallest absolute Gasteiger partial charge is 0.255 e. The quantitative estimate of drug-likeness (QED) is 0.595. The van der Waals surface area contributed by atoms with E-state index in [4.69, 9.17) is 61.7 Å². The zero-order valence-corrected chi connectivity index (χ0v) is 12.9. The van der Waals surface area contributed by atoms with Gasteiger partial charge < -0.3 is 0 Å². The Kier molecular flexibility index (Phi) is 7.22. The summed E-state index contributed by atoms with van der Waals surface area (Å²) in [6.07, 6.45) is 0.661. The van der Waals surface area contributed by atoms with E-state index in [0.717, 1.165) is 0 Å². The third-order valence-corrected chi connectivity index (χ3v) is 9.64. The Morgan fingerprint density at radius 3 is 2.08 bits per heavy atom. The molecule has 13 heavy (non-hydrogen) atoms. The van der Waals surface area contributed by atoms with Crippen LogP contribution in [0.5, 0.6) is 0 Å². The van der Waals surface area contributed by atoms with E-state index in [-0.39, 0.29) is 0 Å². The second-order valence-corrected chi connectivity index (χ2v) is 14.6. The van der Waals surface area contributed by atoms with Crippen LogP contribution in [0.15, 0.2) is 9.03 Å². The van der Waals surface area contributed by atoms with Gasteiger partial charge in [0, 0.05) is 0 Å². The minimum absolute atomic E-state index is 0.661. The van der Waals surface area contributed by atoms with Crippen molar-refractivity contribution in [2.24, 2.45) is 14.5 Å². The number of nitrogens with two attached hydrogens (primary N) is 1. The Morgan fingerprint density at radius 1 is 1.31 bits per heavy atom. The highest BCUT2D eigenvalue weighted by atomic mass is 35.9. The van der Waals surface area contributed by atoms with E-state index >= 15 is 0 Å². The van der Waals surface area contributed by atoms with E-state index in [1.165, 1.54) is 0 Å². The molecular weight excluding hydrogens is 336 g/mol. The van der Waals surface area contributed by atoms with Crippen molar-refractivity contribution in [2.75, 3.05) is 6.16 Å². The lowest BCUT2D eigenvalue weighted by molar-refractivity contribution is 1.50. The summed E-state index contributed by atoms with van der Waals surface area (Å²) in [5.74, 6) is -5.78. The topological polar surface area (TPSA) is 50.7 Å². The minimum Gasteiger partial charge on any atom is -0.273 e. The third-order valence-electron chi connectivity index (χ3n) is 0.692. The predicted octanol–water partition coefficient (Wildman–Crippen LogP) is 6.36. The van der Waals surface area contributed by atoms with Crippen LogP contribution in [0.3, 0.4) is 0 Å². The molecule has 0 aliphatic heterocycles. The second-order valence-electron chi connectivity index (χ2n) is 1.81. The zero-order chi connectivity index (χ0) is 10.7. The van der Waals surface area contributed by atoms with Gasteiger partial charge in [-0.1, -0.05) is 18.2 Å². The maximum Gasteiger partial charge on any atom is 0.255 e. The molecule has 0 spiro atoms. The van der Waals surface area contributed by atoms with Crippen LogP contribution in [0, 0.1) is 0 Å².